The summed E-state index contributed by atoms with van der Waals surface area (Å²) in [6, 6.07) is 0.870. The molecule has 2 saturated carbocycles. The lowest BCUT2D eigenvalue weighted by Crippen LogP contribution is -2.39. The summed E-state index contributed by atoms with van der Waals surface area (Å²) >= 11 is 0. The zero-order valence-electron chi connectivity index (χ0n) is 11.3. The van der Waals surface area contributed by atoms with Crippen molar-refractivity contribution >= 4 is 0 Å². The van der Waals surface area contributed by atoms with Crippen LogP contribution in [0.2, 0.25) is 0 Å². The zero-order valence-corrected chi connectivity index (χ0v) is 11.3. The van der Waals surface area contributed by atoms with E-state index in [1.807, 2.05) is 0 Å². The molecule has 3 fully saturated rings. The van der Waals surface area contributed by atoms with E-state index in [1.54, 1.807) is 25.7 Å². The van der Waals surface area contributed by atoms with E-state index in [4.69, 9.17) is 0 Å². The molecule has 0 spiro atoms. The van der Waals surface area contributed by atoms with E-state index in [9.17, 15) is 0 Å². The number of hydrogen-bond acceptors (Lipinski definition) is 1. The summed E-state index contributed by atoms with van der Waals surface area (Å²) in [6.45, 7) is 1.28. The first kappa shape index (κ1) is 12.0. The van der Waals surface area contributed by atoms with Gasteiger partial charge in [0.15, 0.2) is 0 Å². The standard InChI is InChI=1S/C16H29N/c1-2-7-13(6-1)16(14-8-5-9-14)12-15-10-3-4-11-17-15/h13-17H,1-12H2. The van der Waals surface area contributed by atoms with Crippen molar-refractivity contribution in [3.8, 4) is 0 Å². The van der Waals surface area contributed by atoms with Crippen LogP contribution in [0.3, 0.4) is 0 Å². The fourth-order valence-corrected chi connectivity index (χ4v) is 4.48. The molecule has 2 atom stereocenters. The molecule has 0 aromatic carbocycles. The van der Waals surface area contributed by atoms with Crippen LogP contribution in [-0.4, -0.2) is 12.6 Å². The molecule has 0 aromatic rings. The maximum atomic E-state index is 3.78. The van der Waals surface area contributed by atoms with Crippen molar-refractivity contribution in [2.24, 2.45) is 17.8 Å². The average molecular weight is 235 g/mol. The fraction of sp³-hybridized carbons (Fsp3) is 1.00. The smallest absolute Gasteiger partial charge is 0.00699 e. The molecule has 1 N–H and O–H groups in total. The van der Waals surface area contributed by atoms with Gasteiger partial charge in [-0.1, -0.05) is 51.4 Å². The molecule has 3 rings (SSSR count). The van der Waals surface area contributed by atoms with Gasteiger partial charge in [0.25, 0.3) is 0 Å². The van der Waals surface area contributed by atoms with Gasteiger partial charge in [0.05, 0.1) is 0 Å². The van der Waals surface area contributed by atoms with Crippen LogP contribution in [0.15, 0.2) is 0 Å². The van der Waals surface area contributed by atoms with E-state index in [0.717, 1.165) is 23.8 Å². The summed E-state index contributed by atoms with van der Waals surface area (Å²) in [5, 5.41) is 3.78. The Morgan fingerprint density at radius 3 is 1.94 bits per heavy atom. The molecule has 2 aliphatic carbocycles. The zero-order chi connectivity index (χ0) is 11.5. The maximum absolute atomic E-state index is 3.78. The Labute approximate surface area is 107 Å². The van der Waals surface area contributed by atoms with E-state index in [1.165, 1.54) is 51.5 Å². The van der Waals surface area contributed by atoms with Gasteiger partial charge in [-0.15, -0.1) is 0 Å². The second-order valence-electron chi connectivity index (χ2n) is 6.78. The Balaban J connectivity index is 1.57. The first-order valence-corrected chi connectivity index (χ1v) is 8.17. The predicted octanol–water partition coefficient (Wildman–Crippen LogP) is 4.13. The first-order chi connectivity index (χ1) is 8.43. The Hall–Kier alpha value is -0.0400. The van der Waals surface area contributed by atoms with Crippen molar-refractivity contribution in [2.75, 3.05) is 6.54 Å². The van der Waals surface area contributed by atoms with Gasteiger partial charge in [-0.2, -0.15) is 0 Å². The monoisotopic (exact) mass is 235 g/mol. The van der Waals surface area contributed by atoms with Crippen LogP contribution in [0.1, 0.15) is 70.6 Å². The molecule has 3 aliphatic rings. The van der Waals surface area contributed by atoms with E-state index in [2.05, 4.69) is 5.32 Å². The maximum Gasteiger partial charge on any atom is 0.00699 e. The van der Waals surface area contributed by atoms with Gasteiger partial charge in [-0.05, 0) is 43.6 Å². The second-order valence-corrected chi connectivity index (χ2v) is 6.78. The minimum absolute atomic E-state index is 0.870. The topological polar surface area (TPSA) is 12.0 Å². The molecule has 98 valence electrons. The largest absolute Gasteiger partial charge is 0.314 e. The highest BCUT2D eigenvalue weighted by Gasteiger charge is 2.35. The number of hydrogen-bond donors (Lipinski definition) is 1. The molecule has 1 saturated heterocycles. The molecule has 2 unspecified atom stereocenters. The summed E-state index contributed by atoms with van der Waals surface area (Å²) in [5.74, 6) is 3.30. The number of piperidine rings is 1. The van der Waals surface area contributed by atoms with Gasteiger partial charge in [-0.25, -0.2) is 0 Å². The summed E-state index contributed by atoms with van der Waals surface area (Å²) < 4.78 is 0. The van der Waals surface area contributed by atoms with E-state index in [-0.39, 0.29) is 0 Å². The lowest BCUT2D eigenvalue weighted by Gasteiger charge is -2.40. The summed E-state index contributed by atoms with van der Waals surface area (Å²) in [7, 11) is 0. The lowest BCUT2D eigenvalue weighted by molar-refractivity contribution is 0.118. The minimum Gasteiger partial charge on any atom is -0.314 e. The molecule has 1 nitrogen and oxygen atoms in total. The molecular weight excluding hydrogens is 206 g/mol. The van der Waals surface area contributed by atoms with Crippen LogP contribution in [0.4, 0.5) is 0 Å². The molecule has 1 heteroatoms. The summed E-state index contributed by atoms with van der Waals surface area (Å²) in [5.41, 5.74) is 0. The van der Waals surface area contributed by atoms with Gasteiger partial charge >= 0.3 is 0 Å². The highest BCUT2D eigenvalue weighted by Crippen LogP contribution is 2.45. The molecule has 0 bridgehead atoms. The van der Waals surface area contributed by atoms with Crippen LogP contribution in [0.25, 0.3) is 0 Å². The van der Waals surface area contributed by atoms with Gasteiger partial charge < -0.3 is 5.32 Å². The second kappa shape index (κ2) is 5.73. The lowest BCUT2D eigenvalue weighted by atomic mass is 9.67. The Kier molecular flexibility index (Phi) is 4.05. The third-order valence-corrected chi connectivity index (χ3v) is 5.73. The summed E-state index contributed by atoms with van der Waals surface area (Å²) in [4.78, 5) is 0. The van der Waals surface area contributed by atoms with E-state index < -0.39 is 0 Å². The summed E-state index contributed by atoms with van der Waals surface area (Å²) in [6.07, 6.45) is 16.6. The van der Waals surface area contributed by atoms with Gasteiger partial charge in [0, 0.05) is 6.04 Å². The first-order valence-electron chi connectivity index (χ1n) is 8.17. The van der Waals surface area contributed by atoms with E-state index >= 15 is 0 Å². The molecule has 0 radical (unpaired) electrons. The predicted molar refractivity (Wildman–Crippen MR) is 73.0 cm³/mol. The van der Waals surface area contributed by atoms with Gasteiger partial charge in [0.1, 0.15) is 0 Å². The van der Waals surface area contributed by atoms with Crippen LogP contribution in [-0.2, 0) is 0 Å². The molecule has 0 aromatic heterocycles. The fourth-order valence-electron chi connectivity index (χ4n) is 4.48. The van der Waals surface area contributed by atoms with Crippen molar-refractivity contribution < 1.29 is 0 Å². The molecule has 17 heavy (non-hydrogen) atoms. The van der Waals surface area contributed by atoms with Crippen molar-refractivity contribution in [1.29, 1.82) is 0 Å². The Morgan fingerprint density at radius 1 is 0.765 bits per heavy atom. The van der Waals surface area contributed by atoms with Crippen molar-refractivity contribution in [1.82, 2.24) is 5.32 Å². The number of nitrogens with one attached hydrogen (secondary N) is 1. The molecule has 1 heterocycles. The van der Waals surface area contributed by atoms with Crippen LogP contribution in [0, 0.1) is 17.8 Å². The third-order valence-electron chi connectivity index (χ3n) is 5.73. The third kappa shape index (κ3) is 2.86. The Bertz CT molecular complexity index is 222. The van der Waals surface area contributed by atoms with Crippen LogP contribution in [0.5, 0.6) is 0 Å². The van der Waals surface area contributed by atoms with Crippen molar-refractivity contribution in [2.45, 2.75) is 76.7 Å². The molecule has 0 amide bonds. The quantitative estimate of drug-likeness (QED) is 0.772. The minimum atomic E-state index is 0.870. The van der Waals surface area contributed by atoms with Crippen LogP contribution >= 0.6 is 0 Å². The number of rotatable bonds is 4. The normalized spacial score (nSPS) is 33.5. The van der Waals surface area contributed by atoms with Crippen molar-refractivity contribution in [3.05, 3.63) is 0 Å². The van der Waals surface area contributed by atoms with Crippen molar-refractivity contribution in [3.63, 3.8) is 0 Å². The average Bonchev–Trinajstić information content (AvgIpc) is 2.80. The van der Waals surface area contributed by atoms with Crippen LogP contribution < -0.4 is 5.32 Å². The van der Waals surface area contributed by atoms with E-state index in [0.29, 0.717) is 0 Å². The Morgan fingerprint density at radius 2 is 1.41 bits per heavy atom. The molecule has 1 aliphatic heterocycles. The highest BCUT2D eigenvalue weighted by molar-refractivity contribution is 4.88. The van der Waals surface area contributed by atoms with Gasteiger partial charge in [-0.3, -0.25) is 0 Å². The highest BCUT2D eigenvalue weighted by atomic mass is 14.9. The van der Waals surface area contributed by atoms with Gasteiger partial charge in [0.2, 0.25) is 0 Å². The molecular formula is C16H29N. The SMILES string of the molecule is C1CCC(CC(C2CCCC2)C2CCC2)NC1.